The lowest BCUT2D eigenvalue weighted by Gasteiger charge is -2.12. The minimum absolute atomic E-state index is 0.0101. The fraction of sp³-hybridized carbons (Fsp3) is 0.615. The number of rotatable bonds is 9. The van der Waals surface area contributed by atoms with Crippen LogP contribution in [0.25, 0.3) is 0 Å². The molecule has 20 heavy (non-hydrogen) atoms. The topological polar surface area (TPSA) is 100 Å². The molecule has 0 radical (unpaired) electrons. The summed E-state index contributed by atoms with van der Waals surface area (Å²) in [6.07, 6.45) is 1.60. The van der Waals surface area contributed by atoms with Crippen molar-refractivity contribution >= 4 is 17.3 Å². The number of nitro groups is 1. The van der Waals surface area contributed by atoms with Gasteiger partial charge in [-0.05, 0) is 18.8 Å². The Balaban J connectivity index is 2.77. The van der Waals surface area contributed by atoms with Gasteiger partial charge in [0.2, 0.25) is 0 Å². The van der Waals surface area contributed by atoms with Gasteiger partial charge < -0.3 is 15.7 Å². The first-order valence-electron chi connectivity index (χ1n) is 6.81. The van der Waals surface area contributed by atoms with Gasteiger partial charge in [0.05, 0.1) is 17.1 Å². The molecule has 1 rings (SSSR count). The molecule has 1 aromatic rings. The van der Waals surface area contributed by atoms with E-state index in [1.807, 2.05) is 13.8 Å². The highest BCUT2D eigenvalue weighted by Gasteiger charge is 2.11. The Labute approximate surface area is 118 Å². The second-order valence-corrected chi connectivity index (χ2v) is 4.78. The van der Waals surface area contributed by atoms with Crippen LogP contribution < -0.4 is 10.6 Å². The van der Waals surface area contributed by atoms with Crippen LogP contribution in [0.5, 0.6) is 0 Å². The summed E-state index contributed by atoms with van der Waals surface area (Å²) < 4.78 is 0. The lowest BCUT2D eigenvalue weighted by Crippen LogP contribution is -2.14. The molecule has 0 bridgehead atoms. The number of nitrogens with zero attached hydrogens (tertiary/aromatic N) is 2. The standard InChI is InChI=1S/C13H22N4O3/c1-3-5-14-12-7-11(17(19)20)8-13(16-12)15-9-10(2)4-6-18/h7-8,10,18H,3-6,9H2,1-2H3,(H2,14,15,16). The quantitative estimate of drug-likeness (QED) is 0.474. The van der Waals surface area contributed by atoms with Crippen molar-refractivity contribution in [2.24, 2.45) is 5.92 Å². The van der Waals surface area contributed by atoms with Crippen molar-refractivity contribution in [2.75, 3.05) is 30.3 Å². The highest BCUT2D eigenvalue weighted by Crippen LogP contribution is 2.21. The molecule has 0 aliphatic rings. The molecule has 0 fully saturated rings. The number of aliphatic hydroxyl groups is 1. The number of aromatic nitrogens is 1. The average Bonchev–Trinajstić information content (AvgIpc) is 2.43. The molecule has 0 spiro atoms. The van der Waals surface area contributed by atoms with E-state index < -0.39 is 4.92 Å². The fourth-order valence-corrected chi connectivity index (χ4v) is 1.66. The van der Waals surface area contributed by atoms with Gasteiger partial charge in [0.1, 0.15) is 11.6 Å². The van der Waals surface area contributed by atoms with E-state index in [9.17, 15) is 10.1 Å². The Hall–Kier alpha value is -1.89. The Morgan fingerprint density at radius 3 is 2.60 bits per heavy atom. The summed E-state index contributed by atoms with van der Waals surface area (Å²) in [5.41, 5.74) is 0.0101. The first kappa shape index (κ1) is 16.2. The zero-order valence-electron chi connectivity index (χ0n) is 11.9. The Morgan fingerprint density at radius 2 is 2.05 bits per heavy atom. The summed E-state index contributed by atoms with van der Waals surface area (Å²) in [4.78, 5) is 14.8. The molecule has 1 aromatic heterocycles. The molecule has 1 heterocycles. The number of pyridine rings is 1. The van der Waals surface area contributed by atoms with Gasteiger partial charge in [-0.15, -0.1) is 0 Å². The SMILES string of the molecule is CCCNc1cc([N+](=O)[O-])cc(NCC(C)CCO)n1. The normalized spacial score (nSPS) is 11.9. The van der Waals surface area contributed by atoms with E-state index in [0.29, 0.717) is 31.1 Å². The predicted molar refractivity (Wildman–Crippen MR) is 79.0 cm³/mol. The molecular formula is C13H22N4O3. The maximum absolute atomic E-state index is 10.9. The highest BCUT2D eigenvalue weighted by molar-refractivity contribution is 5.54. The zero-order chi connectivity index (χ0) is 15.0. The van der Waals surface area contributed by atoms with Crippen LogP contribution in [0.4, 0.5) is 17.3 Å². The average molecular weight is 282 g/mol. The van der Waals surface area contributed by atoms with Crippen molar-refractivity contribution in [3.8, 4) is 0 Å². The fourth-order valence-electron chi connectivity index (χ4n) is 1.66. The monoisotopic (exact) mass is 282 g/mol. The summed E-state index contributed by atoms with van der Waals surface area (Å²) in [5.74, 6) is 1.24. The first-order valence-corrected chi connectivity index (χ1v) is 6.81. The molecule has 7 heteroatoms. The molecule has 0 saturated carbocycles. The van der Waals surface area contributed by atoms with Crippen molar-refractivity contribution in [3.63, 3.8) is 0 Å². The van der Waals surface area contributed by atoms with Crippen molar-refractivity contribution in [1.82, 2.24) is 4.98 Å². The zero-order valence-corrected chi connectivity index (χ0v) is 11.9. The number of aliphatic hydroxyl groups excluding tert-OH is 1. The number of hydrogen-bond acceptors (Lipinski definition) is 6. The van der Waals surface area contributed by atoms with E-state index in [0.717, 1.165) is 6.42 Å². The van der Waals surface area contributed by atoms with Gasteiger partial charge in [0.15, 0.2) is 0 Å². The van der Waals surface area contributed by atoms with Gasteiger partial charge in [-0.25, -0.2) is 4.98 Å². The maximum Gasteiger partial charge on any atom is 0.276 e. The Kier molecular flexibility index (Phi) is 6.72. The second-order valence-electron chi connectivity index (χ2n) is 4.78. The third kappa shape index (κ3) is 5.40. The lowest BCUT2D eigenvalue weighted by molar-refractivity contribution is -0.384. The number of anilines is 2. The van der Waals surface area contributed by atoms with Crippen LogP contribution >= 0.6 is 0 Å². The second kappa shape index (κ2) is 8.31. The van der Waals surface area contributed by atoms with Crippen molar-refractivity contribution < 1.29 is 10.0 Å². The van der Waals surface area contributed by atoms with Gasteiger partial charge in [0, 0.05) is 19.7 Å². The molecule has 112 valence electrons. The third-order valence-corrected chi connectivity index (χ3v) is 2.83. The van der Waals surface area contributed by atoms with Crippen LogP contribution in [0.3, 0.4) is 0 Å². The molecule has 3 N–H and O–H groups in total. The predicted octanol–water partition coefficient (Wildman–Crippen LogP) is 2.24. The molecule has 0 aromatic carbocycles. The van der Waals surface area contributed by atoms with Gasteiger partial charge >= 0.3 is 0 Å². The molecule has 1 unspecified atom stereocenters. The summed E-state index contributed by atoms with van der Waals surface area (Å²) in [6.45, 7) is 5.47. The summed E-state index contributed by atoms with van der Waals surface area (Å²) in [5, 5.41) is 25.9. The molecule has 1 atom stereocenters. The van der Waals surface area contributed by atoms with E-state index in [1.165, 1.54) is 12.1 Å². The van der Waals surface area contributed by atoms with E-state index >= 15 is 0 Å². The summed E-state index contributed by atoms with van der Waals surface area (Å²) in [6, 6.07) is 2.85. The number of nitrogens with one attached hydrogen (secondary N) is 2. The van der Waals surface area contributed by atoms with Crippen LogP contribution in [-0.4, -0.2) is 34.7 Å². The Bertz CT molecular complexity index is 440. The number of hydrogen-bond donors (Lipinski definition) is 3. The summed E-state index contributed by atoms with van der Waals surface area (Å²) in [7, 11) is 0. The van der Waals surface area contributed by atoms with Crippen molar-refractivity contribution in [1.29, 1.82) is 0 Å². The highest BCUT2D eigenvalue weighted by atomic mass is 16.6. The van der Waals surface area contributed by atoms with Gasteiger partial charge in [-0.3, -0.25) is 10.1 Å². The molecule has 0 aliphatic heterocycles. The maximum atomic E-state index is 10.9. The Morgan fingerprint density at radius 1 is 1.40 bits per heavy atom. The van der Waals surface area contributed by atoms with E-state index in [2.05, 4.69) is 15.6 Å². The smallest absolute Gasteiger partial charge is 0.276 e. The minimum atomic E-state index is -0.429. The third-order valence-electron chi connectivity index (χ3n) is 2.83. The van der Waals surface area contributed by atoms with E-state index in [4.69, 9.17) is 5.11 Å². The van der Waals surface area contributed by atoms with Crippen LogP contribution in [0.2, 0.25) is 0 Å². The van der Waals surface area contributed by atoms with E-state index in [-0.39, 0.29) is 18.2 Å². The van der Waals surface area contributed by atoms with Crippen molar-refractivity contribution in [3.05, 3.63) is 22.2 Å². The van der Waals surface area contributed by atoms with E-state index in [1.54, 1.807) is 0 Å². The van der Waals surface area contributed by atoms with Crippen LogP contribution in [0.15, 0.2) is 12.1 Å². The van der Waals surface area contributed by atoms with Gasteiger partial charge in [0.25, 0.3) is 5.69 Å². The molecule has 7 nitrogen and oxygen atoms in total. The first-order chi connectivity index (χ1) is 9.56. The van der Waals surface area contributed by atoms with Gasteiger partial charge in [-0.1, -0.05) is 13.8 Å². The minimum Gasteiger partial charge on any atom is -0.396 e. The molecule has 0 amide bonds. The molecule has 0 saturated heterocycles. The molecule has 0 aliphatic carbocycles. The largest absolute Gasteiger partial charge is 0.396 e. The molecular weight excluding hydrogens is 260 g/mol. The van der Waals surface area contributed by atoms with Crippen LogP contribution in [0, 0.1) is 16.0 Å². The summed E-state index contributed by atoms with van der Waals surface area (Å²) >= 11 is 0. The van der Waals surface area contributed by atoms with Crippen LogP contribution in [0.1, 0.15) is 26.7 Å². The van der Waals surface area contributed by atoms with Crippen molar-refractivity contribution in [2.45, 2.75) is 26.7 Å². The lowest BCUT2D eigenvalue weighted by atomic mass is 10.1. The van der Waals surface area contributed by atoms with Crippen LogP contribution in [-0.2, 0) is 0 Å². The van der Waals surface area contributed by atoms with Gasteiger partial charge in [-0.2, -0.15) is 0 Å².